The third-order valence-corrected chi connectivity index (χ3v) is 6.28. The van der Waals surface area contributed by atoms with Crippen molar-refractivity contribution in [2.75, 3.05) is 24.6 Å². The van der Waals surface area contributed by atoms with Gasteiger partial charge in [0, 0.05) is 43.6 Å². The first-order chi connectivity index (χ1) is 12.8. The Morgan fingerprint density at radius 1 is 1.32 bits per heavy atom. The van der Waals surface area contributed by atoms with E-state index in [1.54, 1.807) is 0 Å². The van der Waals surface area contributed by atoms with E-state index in [1.165, 1.54) is 5.56 Å². The summed E-state index contributed by atoms with van der Waals surface area (Å²) >= 11 is 0. The van der Waals surface area contributed by atoms with E-state index in [4.69, 9.17) is 10.5 Å². The van der Waals surface area contributed by atoms with Gasteiger partial charge in [0.15, 0.2) is 0 Å². The van der Waals surface area contributed by atoms with Crippen LogP contribution < -0.4 is 16.0 Å². The molecule has 2 unspecified atom stereocenters. The standard InChI is InChI=1S/C21H31N3O3.ClH/c1-4-27-17-14-21(22,20(17,2)3)19(26)23-12-7-10-18(25)24-13-11-15-8-5-6-9-16(15)24;/h5-6,8-9,17H,4,7,10-14,22H2,1-3H3,(H,23,26);1H. The van der Waals surface area contributed by atoms with Crippen molar-refractivity contribution >= 4 is 29.9 Å². The second-order valence-electron chi connectivity index (χ2n) is 8.12. The molecule has 156 valence electrons. The summed E-state index contributed by atoms with van der Waals surface area (Å²) in [7, 11) is 0. The number of hydrogen-bond donors (Lipinski definition) is 2. The third-order valence-electron chi connectivity index (χ3n) is 6.28. The number of carbonyl (C=O) groups excluding carboxylic acids is 2. The lowest BCUT2D eigenvalue weighted by Gasteiger charge is -2.57. The number of rotatable bonds is 7. The molecule has 0 spiro atoms. The molecule has 2 aliphatic rings. The van der Waals surface area contributed by atoms with Crippen molar-refractivity contribution in [3.63, 3.8) is 0 Å². The number of halogens is 1. The zero-order valence-corrected chi connectivity index (χ0v) is 17.8. The minimum atomic E-state index is -0.912. The molecule has 1 aliphatic heterocycles. The van der Waals surface area contributed by atoms with Crippen LogP contribution in [-0.4, -0.2) is 43.2 Å². The summed E-state index contributed by atoms with van der Waals surface area (Å²) in [5.41, 5.74) is 7.30. The number of nitrogens with one attached hydrogen (secondary N) is 1. The van der Waals surface area contributed by atoms with Gasteiger partial charge in [-0.05, 0) is 31.4 Å². The van der Waals surface area contributed by atoms with E-state index in [2.05, 4.69) is 11.4 Å². The SMILES string of the molecule is CCOC1CC(N)(C(=O)NCCCC(=O)N2CCc3ccccc32)C1(C)C.Cl. The van der Waals surface area contributed by atoms with Crippen molar-refractivity contribution in [1.82, 2.24) is 5.32 Å². The molecule has 3 N–H and O–H groups in total. The van der Waals surface area contributed by atoms with Gasteiger partial charge in [-0.3, -0.25) is 9.59 Å². The molecule has 1 fully saturated rings. The highest BCUT2D eigenvalue weighted by Crippen LogP contribution is 2.49. The number of fused-ring (bicyclic) bond motifs is 1. The summed E-state index contributed by atoms with van der Waals surface area (Å²) < 4.78 is 5.67. The third kappa shape index (κ3) is 3.91. The molecule has 0 aromatic heterocycles. The lowest BCUT2D eigenvalue weighted by molar-refractivity contribution is -0.170. The quantitative estimate of drug-likeness (QED) is 0.677. The molecule has 0 radical (unpaired) electrons. The van der Waals surface area contributed by atoms with Crippen LogP contribution in [0.25, 0.3) is 0 Å². The Morgan fingerprint density at radius 3 is 2.71 bits per heavy atom. The van der Waals surface area contributed by atoms with Crippen LogP contribution in [0, 0.1) is 5.41 Å². The van der Waals surface area contributed by atoms with Crippen molar-refractivity contribution in [3.05, 3.63) is 29.8 Å². The summed E-state index contributed by atoms with van der Waals surface area (Å²) in [5, 5.41) is 2.92. The van der Waals surface area contributed by atoms with Crippen molar-refractivity contribution in [3.8, 4) is 0 Å². The number of ether oxygens (including phenoxy) is 1. The van der Waals surface area contributed by atoms with Gasteiger partial charge in [0.1, 0.15) is 5.54 Å². The van der Waals surface area contributed by atoms with Crippen LogP contribution in [0.15, 0.2) is 24.3 Å². The van der Waals surface area contributed by atoms with E-state index in [0.29, 0.717) is 32.4 Å². The zero-order valence-electron chi connectivity index (χ0n) is 17.0. The second-order valence-corrected chi connectivity index (χ2v) is 8.12. The van der Waals surface area contributed by atoms with Gasteiger partial charge in [0.2, 0.25) is 11.8 Å². The molecule has 0 saturated heterocycles. The van der Waals surface area contributed by atoms with E-state index in [0.717, 1.165) is 18.7 Å². The molecule has 28 heavy (non-hydrogen) atoms. The largest absolute Gasteiger partial charge is 0.378 e. The molecule has 1 aliphatic carbocycles. The highest BCUT2D eigenvalue weighted by molar-refractivity contribution is 5.95. The fraction of sp³-hybridized carbons (Fsp3) is 0.619. The number of hydrogen-bond acceptors (Lipinski definition) is 4. The lowest BCUT2D eigenvalue weighted by atomic mass is 9.54. The van der Waals surface area contributed by atoms with Crippen LogP contribution >= 0.6 is 12.4 Å². The number of amides is 2. The highest BCUT2D eigenvalue weighted by atomic mass is 35.5. The first-order valence-corrected chi connectivity index (χ1v) is 9.88. The summed E-state index contributed by atoms with van der Waals surface area (Å²) in [4.78, 5) is 26.9. The average molecular weight is 410 g/mol. The molecule has 1 aromatic carbocycles. The minimum Gasteiger partial charge on any atom is -0.378 e. The first-order valence-electron chi connectivity index (χ1n) is 9.88. The maximum Gasteiger partial charge on any atom is 0.240 e. The van der Waals surface area contributed by atoms with E-state index >= 15 is 0 Å². The van der Waals surface area contributed by atoms with Gasteiger partial charge in [-0.1, -0.05) is 32.0 Å². The molecule has 1 heterocycles. The Hall–Kier alpha value is -1.63. The summed E-state index contributed by atoms with van der Waals surface area (Å²) in [6, 6.07) is 8.03. The monoisotopic (exact) mass is 409 g/mol. The molecule has 0 bridgehead atoms. The van der Waals surface area contributed by atoms with Crippen molar-refractivity contribution in [1.29, 1.82) is 0 Å². The number of carbonyl (C=O) groups is 2. The van der Waals surface area contributed by atoms with Gasteiger partial charge in [0.25, 0.3) is 0 Å². The van der Waals surface area contributed by atoms with Crippen molar-refractivity contribution in [2.24, 2.45) is 11.1 Å². The number of para-hydroxylation sites is 1. The van der Waals surface area contributed by atoms with Gasteiger partial charge in [-0.25, -0.2) is 0 Å². The summed E-state index contributed by atoms with van der Waals surface area (Å²) in [6.45, 7) is 7.71. The molecular weight excluding hydrogens is 378 g/mol. The van der Waals surface area contributed by atoms with E-state index in [9.17, 15) is 9.59 Å². The normalized spacial score (nSPS) is 24.7. The van der Waals surface area contributed by atoms with Gasteiger partial charge < -0.3 is 20.7 Å². The predicted octanol–water partition coefficient (Wildman–Crippen LogP) is 2.43. The fourth-order valence-corrected chi connectivity index (χ4v) is 4.15. The molecule has 2 atom stereocenters. The second kappa shape index (κ2) is 8.80. The Morgan fingerprint density at radius 2 is 2.04 bits per heavy atom. The molecular formula is C21H32ClN3O3. The smallest absolute Gasteiger partial charge is 0.240 e. The van der Waals surface area contributed by atoms with Crippen molar-refractivity contribution < 1.29 is 14.3 Å². The number of nitrogens with two attached hydrogens (primary N) is 1. The van der Waals surface area contributed by atoms with Gasteiger partial charge in [0.05, 0.1) is 6.10 Å². The zero-order chi connectivity index (χ0) is 19.7. The van der Waals surface area contributed by atoms with Crippen LogP contribution in [0.4, 0.5) is 5.69 Å². The minimum absolute atomic E-state index is 0. The number of nitrogens with zero attached hydrogens (tertiary/aromatic N) is 1. The van der Waals surface area contributed by atoms with Crippen LogP contribution in [0.2, 0.25) is 0 Å². The maximum atomic E-state index is 12.6. The van der Waals surface area contributed by atoms with Gasteiger partial charge in [-0.2, -0.15) is 0 Å². The Balaban J connectivity index is 0.00000280. The number of anilines is 1. The Kier molecular flexibility index (Phi) is 7.12. The molecule has 6 nitrogen and oxygen atoms in total. The van der Waals surface area contributed by atoms with E-state index in [1.807, 2.05) is 43.9 Å². The lowest BCUT2D eigenvalue weighted by Crippen LogP contribution is -2.75. The fourth-order valence-electron chi connectivity index (χ4n) is 4.15. The predicted molar refractivity (Wildman–Crippen MR) is 113 cm³/mol. The summed E-state index contributed by atoms with van der Waals surface area (Å²) in [5.74, 6) is -0.0422. The van der Waals surface area contributed by atoms with Gasteiger partial charge in [-0.15, -0.1) is 12.4 Å². The molecule has 1 aromatic rings. The maximum absolute atomic E-state index is 12.6. The Bertz CT molecular complexity index is 725. The summed E-state index contributed by atoms with van der Waals surface area (Å²) in [6.07, 6.45) is 2.47. The Labute approximate surface area is 173 Å². The van der Waals surface area contributed by atoms with E-state index in [-0.39, 0.29) is 30.3 Å². The van der Waals surface area contributed by atoms with Crippen LogP contribution in [0.1, 0.15) is 45.6 Å². The molecule has 1 saturated carbocycles. The van der Waals surface area contributed by atoms with Gasteiger partial charge >= 0.3 is 0 Å². The molecule has 7 heteroatoms. The van der Waals surface area contributed by atoms with Crippen LogP contribution in [0.3, 0.4) is 0 Å². The number of benzene rings is 1. The van der Waals surface area contributed by atoms with Crippen LogP contribution in [-0.2, 0) is 20.7 Å². The van der Waals surface area contributed by atoms with Crippen molar-refractivity contribution in [2.45, 2.75) is 58.1 Å². The van der Waals surface area contributed by atoms with E-state index < -0.39 is 11.0 Å². The average Bonchev–Trinajstić information content (AvgIpc) is 3.08. The molecule has 2 amide bonds. The van der Waals surface area contributed by atoms with Crippen LogP contribution in [0.5, 0.6) is 0 Å². The highest BCUT2D eigenvalue weighted by Gasteiger charge is 2.62. The first kappa shape index (κ1) is 22.7. The topological polar surface area (TPSA) is 84.7 Å². The molecule has 3 rings (SSSR count).